The first-order valence-electron chi connectivity index (χ1n) is 8.68. The van der Waals surface area contributed by atoms with Crippen LogP contribution < -0.4 is 0 Å². The van der Waals surface area contributed by atoms with Crippen LogP contribution in [0.2, 0.25) is 0 Å². The lowest BCUT2D eigenvalue weighted by Gasteiger charge is -2.37. The Morgan fingerprint density at radius 1 is 1.35 bits per heavy atom. The Morgan fingerprint density at radius 3 is 2.85 bits per heavy atom. The zero-order valence-electron chi connectivity index (χ0n) is 14.4. The van der Waals surface area contributed by atoms with Crippen LogP contribution in [0, 0.1) is 11.8 Å². The molecule has 3 aliphatic rings. The van der Waals surface area contributed by atoms with Crippen molar-refractivity contribution < 1.29 is 34.0 Å². The van der Waals surface area contributed by atoms with Gasteiger partial charge in [0.15, 0.2) is 12.6 Å². The van der Waals surface area contributed by atoms with Crippen molar-refractivity contribution in [2.75, 3.05) is 13.7 Å². The SMILES string of the molecule is CO[C@@H]1C[C@@H]2[C@@H]3[C@@H](OC[C@]3(O)C[C@H]2OC(=O)/C=C\c2ccc(O)cc2)O1. The summed E-state index contributed by atoms with van der Waals surface area (Å²) < 4.78 is 22.2. The Bertz CT molecular complexity index is 700. The van der Waals surface area contributed by atoms with Gasteiger partial charge in [0.1, 0.15) is 11.9 Å². The van der Waals surface area contributed by atoms with E-state index in [1.165, 1.54) is 6.08 Å². The molecule has 2 heterocycles. The molecule has 1 saturated carbocycles. The minimum atomic E-state index is -1.03. The topological polar surface area (TPSA) is 94.5 Å². The van der Waals surface area contributed by atoms with Gasteiger partial charge in [0.25, 0.3) is 0 Å². The number of benzene rings is 1. The fourth-order valence-electron chi connectivity index (χ4n) is 4.27. The molecule has 0 unspecified atom stereocenters. The van der Waals surface area contributed by atoms with Crippen molar-refractivity contribution in [2.24, 2.45) is 11.8 Å². The van der Waals surface area contributed by atoms with E-state index in [2.05, 4.69) is 0 Å². The standard InChI is InChI=1S/C19H22O7/c1-23-16-8-13-14(9-19(22)10-24-18(26-16)17(13)19)25-15(21)7-4-11-2-5-12(20)6-3-11/h2-7,13-14,16-18,20,22H,8-10H2,1H3/b7-4-/t13-,14+,16-,17+,18-,19+/m0/s1. The van der Waals surface area contributed by atoms with E-state index in [0.29, 0.717) is 12.8 Å². The number of carbonyl (C=O) groups is 1. The third kappa shape index (κ3) is 3.12. The Balaban J connectivity index is 1.44. The van der Waals surface area contributed by atoms with Crippen molar-refractivity contribution in [3.8, 4) is 5.75 Å². The fraction of sp³-hybridized carbons (Fsp3) is 0.526. The predicted octanol–water partition coefficient (Wildman–Crippen LogP) is 1.43. The zero-order valence-corrected chi connectivity index (χ0v) is 14.4. The van der Waals surface area contributed by atoms with E-state index in [4.69, 9.17) is 18.9 Å². The second-order valence-electron chi connectivity index (χ2n) is 7.11. The van der Waals surface area contributed by atoms with Crippen molar-refractivity contribution in [1.82, 2.24) is 0 Å². The summed E-state index contributed by atoms with van der Waals surface area (Å²) in [5.74, 6) is -0.589. The van der Waals surface area contributed by atoms with Crippen LogP contribution in [0.1, 0.15) is 18.4 Å². The molecule has 0 bridgehead atoms. The van der Waals surface area contributed by atoms with Crippen LogP contribution in [0.3, 0.4) is 0 Å². The van der Waals surface area contributed by atoms with E-state index in [1.54, 1.807) is 37.5 Å². The molecule has 0 radical (unpaired) electrons. The molecule has 6 atom stereocenters. The van der Waals surface area contributed by atoms with Crippen molar-refractivity contribution >= 4 is 12.0 Å². The van der Waals surface area contributed by atoms with E-state index >= 15 is 0 Å². The number of aliphatic hydroxyl groups is 1. The summed E-state index contributed by atoms with van der Waals surface area (Å²) in [4.78, 5) is 12.2. The van der Waals surface area contributed by atoms with Gasteiger partial charge in [-0.3, -0.25) is 0 Å². The maximum Gasteiger partial charge on any atom is 0.331 e. The second kappa shape index (κ2) is 6.66. The van der Waals surface area contributed by atoms with E-state index in [9.17, 15) is 15.0 Å². The molecule has 2 aliphatic heterocycles. The van der Waals surface area contributed by atoms with E-state index in [-0.39, 0.29) is 24.2 Å². The highest BCUT2D eigenvalue weighted by Gasteiger charge is 2.64. The third-order valence-corrected chi connectivity index (χ3v) is 5.49. The molecule has 3 fully saturated rings. The Labute approximate surface area is 151 Å². The van der Waals surface area contributed by atoms with Gasteiger partial charge >= 0.3 is 5.97 Å². The zero-order chi connectivity index (χ0) is 18.3. The van der Waals surface area contributed by atoms with Gasteiger partial charge < -0.3 is 29.2 Å². The van der Waals surface area contributed by atoms with Gasteiger partial charge in [-0.25, -0.2) is 4.79 Å². The van der Waals surface area contributed by atoms with Crippen LogP contribution in [-0.4, -0.2) is 54.2 Å². The maximum atomic E-state index is 12.2. The molecule has 7 nitrogen and oxygen atoms in total. The van der Waals surface area contributed by atoms with E-state index < -0.39 is 30.3 Å². The number of rotatable bonds is 4. The molecule has 2 saturated heterocycles. The highest BCUT2D eigenvalue weighted by molar-refractivity contribution is 5.87. The Morgan fingerprint density at radius 2 is 2.12 bits per heavy atom. The monoisotopic (exact) mass is 362 g/mol. The molecule has 2 N–H and O–H groups in total. The summed E-state index contributed by atoms with van der Waals surface area (Å²) in [5.41, 5.74) is -0.250. The van der Waals surface area contributed by atoms with Crippen LogP contribution in [-0.2, 0) is 23.7 Å². The predicted molar refractivity (Wildman–Crippen MR) is 89.8 cm³/mol. The molecule has 7 heteroatoms. The maximum absolute atomic E-state index is 12.2. The van der Waals surface area contributed by atoms with Crippen LogP contribution in [0.5, 0.6) is 5.75 Å². The molecule has 26 heavy (non-hydrogen) atoms. The number of aromatic hydroxyl groups is 1. The van der Waals surface area contributed by atoms with Crippen LogP contribution in [0.4, 0.5) is 0 Å². The number of methoxy groups -OCH3 is 1. The second-order valence-corrected chi connectivity index (χ2v) is 7.11. The number of esters is 1. The smallest absolute Gasteiger partial charge is 0.331 e. The third-order valence-electron chi connectivity index (χ3n) is 5.49. The molecule has 4 rings (SSSR count). The molecule has 0 amide bonds. The molecule has 1 aromatic carbocycles. The number of ether oxygens (including phenoxy) is 4. The van der Waals surface area contributed by atoms with Crippen LogP contribution in [0.15, 0.2) is 30.3 Å². The summed E-state index contributed by atoms with van der Waals surface area (Å²) in [6.45, 7) is 0.173. The first-order valence-corrected chi connectivity index (χ1v) is 8.68. The number of hydrogen-bond acceptors (Lipinski definition) is 7. The van der Waals surface area contributed by atoms with Gasteiger partial charge in [-0.15, -0.1) is 0 Å². The van der Waals surface area contributed by atoms with Gasteiger partial charge in [-0.1, -0.05) is 12.1 Å². The number of carbonyl (C=O) groups excluding carboxylic acids is 1. The minimum absolute atomic E-state index is 0.0720. The summed E-state index contributed by atoms with van der Waals surface area (Å²) in [6, 6.07) is 6.49. The molecule has 140 valence electrons. The van der Waals surface area contributed by atoms with Crippen LogP contribution >= 0.6 is 0 Å². The van der Waals surface area contributed by atoms with Crippen molar-refractivity contribution in [1.29, 1.82) is 0 Å². The average Bonchev–Trinajstić information content (AvgIpc) is 3.10. The molecule has 0 aromatic heterocycles. The largest absolute Gasteiger partial charge is 0.508 e. The first kappa shape index (κ1) is 17.5. The molecule has 1 aliphatic carbocycles. The Kier molecular flexibility index (Phi) is 4.48. The Hall–Kier alpha value is -1.93. The number of hydrogen-bond donors (Lipinski definition) is 2. The average molecular weight is 362 g/mol. The highest BCUT2D eigenvalue weighted by atomic mass is 16.8. The minimum Gasteiger partial charge on any atom is -0.508 e. The van der Waals surface area contributed by atoms with Gasteiger partial charge in [0, 0.05) is 37.9 Å². The van der Waals surface area contributed by atoms with Crippen molar-refractivity contribution in [2.45, 2.75) is 37.1 Å². The van der Waals surface area contributed by atoms with Crippen LogP contribution in [0.25, 0.3) is 6.08 Å². The van der Waals surface area contributed by atoms with Gasteiger partial charge in [-0.05, 0) is 23.8 Å². The number of phenols is 1. The lowest BCUT2D eigenvalue weighted by molar-refractivity contribution is -0.274. The lowest BCUT2D eigenvalue weighted by atomic mass is 9.84. The van der Waals surface area contributed by atoms with Crippen molar-refractivity contribution in [3.05, 3.63) is 35.9 Å². The lowest BCUT2D eigenvalue weighted by Crippen LogP contribution is -2.45. The van der Waals surface area contributed by atoms with Gasteiger partial charge in [0.2, 0.25) is 0 Å². The summed E-state index contributed by atoms with van der Waals surface area (Å²) >= 11 is 0. The van der Waals surface area contributed by atoms with Crippen molar-refractivity contribution in [3.63, 3.8) is 0 Å². The number of phenolic OH excluding ortho intramolecular Hbond substituents is 1. The first-order chi connectivity index (χ1) is 12.5. The molecule has 0 spiro atoms. The summed E-state index contributed by atoms with van der Waals surface area (Å²) in [5, 5.41) is 20.1. The summed E-state index contributed by atoms with van der Waals surface area (Å²) in [6.07, 6.45) is 2.48. The molecular weight excluding hydrogens is 340 g/mol. The fourth-order valence-corrected chi connectivity index (χ4v) is 4.27. The molecular formula is C19H22O7. The molecule has 1 aromatic rings. The normalized spacial score (nSPS) is 38.5. The van der Waals surface area contributed by atoms with E-state index in [1.807, 2.05) is 0 Å². The van der Waals surface area contributed by atoms with Gasteiger partial charge in [-0.2, -0.15) is 0 Å². The summed E-state index contributed by atoms with van der Waals surface area (Å²) in [7, 11) is 1.56. The van der Waals surface area contributed by atoms with Gasteiger partial charge in [0.05, 0.1) is 12.2 Å². The van der Waals surface area contributed by atoms with E-state index in [0.717, 1.165) is 5.56 Å². The highest BCUT2D eigenvalue weighted by Crippen LogP contribution is 2.53. The quantitative estimate of drug-likeness (QED) is 0.618.